The predicted molar refractivity (Wildman–Crippen MR) is 108 cm³/mol. The number of nitro benzene ring substituents is 1. The van der Waals surface area contributed by atoms with E-state index in [2.05, 4.69) is 4.98 Å². The van der Waals surface area contributed by atoms with Crippen molar-refractivity contribution in [3.63, 3.8) is 0 Å². The standard InChI is InChI=1S/C19H17FN4O4S/c20-13-1-3-15-16(11-22-17(15)9-13)12-5-7-23(8-6-12)18-4-2-14(24(25)26)10-19(18)29(21,27)28/h1-5,9-11,22H,6-8H2,(H2,21,27,28). The number of rotatable bonds is 4. The number of hydrogen-bond acceptors (Lipinski definition) is 5. The van der Waals surface area contributed by atoms with Crippen LogP contribution in [-0.2, 0) is 10.0 Å². The third-order valence-corrected chi connectivity index (χ3v) is 5.94. The van der Waals surface area contributed by atoms with E-state index >= 15 is 0 Å². The summed E-state index contributed by atoms with van der Waals surface area (Å²) in [5, 5.41) is 17.2. The molecule has 150 valence electrons. The van der Waals surface area contributed by atoms with E-state index < -0.39 is 14.9 Å². The molecule has 4 rings (SSSR count). The first-order valence-corrected chi connectivity index (χ1v) is 10.3. The minimum absolute atomic E-state index is 0.272. The van der Waals surface area contributed by atoms with Crippen LogP contribution >= 0.6 is 0 Å². The second-order valence-corrected chi connectivity index (χ2v) is 8.30. The zero-order valence-corrected chi connectivity index (χ0v) is 15.9. The van der Waals surface area contributed by atoms with Crippen molar-refractivity contribution in [1.29, 1.82) is 0 Å². The van der Waals surface area contributed by atoms with Gasteiger partial charge in [-0.3, -0.25) is 10.1 Å². The van der Waals surface area contributed by atoms with Crippen LogP contribution in [0.25, 0.3) is 16.5 Å². The van der Waals surface area contributed by atoms with Crippen molar-refractivity contribution in [2.24, 2.45) is 5.14 Å². The molecule has 0 radical (unpaired) electrons. The molecule has 10 heteroatoms. The van der Waals surface area contributed by atoms with Gasteiger partial charge in [-0.25, -0.2) is 17.9 Å². The first kappa shape index (κ1) is 19.1. The molecule has 0 atom stereocenters. The zero-order chi connectivity index (χ0) is 20.8. The van der Waals surface area contributed by atoms with E-state index in [1.54, 1.807) is 6.07 Å². The summed E-state index contributed by atoms with van der Waals surface area (Å²) in [6.45, 7) is 0.906. The summed E-state index contributed by atoms with van der Waals surface area (Å²) in [5.41, 5.74) is 2.72. The van der Waals surface area contributed by atoms with Gasteiger partial charge in [0, 0.05) is 47.9 Å². The molecule has 0 saturated heterocycles. The SMILES string of the molecule is NS(=O)(=O)c1cc([N+](=O)[O-])ccc1N1CC=C(c2c[nH]c3cc(F)ccc23)CC1. The summed E-state index contributed by atoms with van der Waals surface area (Å²) in [6, 6.07) is 8.22. The van der Waals surface area contributed by atoms with Crippen LogP contribution in [0, 0.1) is 15.9 Å². The van der Waals surface area contributed by atoms with Crippen molar-refractivity contribution >= 4 is 37.9 Å². The molecule has 8 nitrogen and oxygen atoms in total. The number of aromatic amines is 1. The summed E-state index contributed by atoms with van der Waals surface area (Å²) in [5.74, 6) is -0.316. The number of nitrogens with zero attached hydrogens (tertiary/aromatic N) is 2. The quantitative estimate of drug-likeness (QED) is 0.500. The number of primary sulfonamides is 1. The highest BCUT2D eigenvalue weighted by molar-refractivity contribution is 7.89. The highest BCUT2D eigenvalue weighted by Gasteiger charge is 2.24. The van der Waals surface area contributed by atoms with Gasteiger partial charge < -0.3 is 9.88 Å². The number of non-ortho nitro benzene ring substituents is 1. The molecular weight excluding hydrogens is 399 g/mol. The highest BCUT2D eigenvalue weighted by atomic mass is 32.2. The molecule has 0 saturated carbocycles. The van der Waals surface area contributed by atoms with Crippen LogP contribution < -0.4 is 10.0 Å². The van der Waals surface area contributed by atoms with Gasteiger partial charge in [-0.2, -0.15) is 0 Å². The number of aromatic nitrogens is 1. The average molecular weight is 416 g/mol. The lowest BCUT2D eigenvalue weighted by Gasteiger charge is -2.29. The van der Waals surface area contributed by atoms with E-state index in [-0.39, 0.29) is 16.4 Å². The molecule has 1 aliphatic rings. The topological polar surface area (TPSA) is 122 Å². The van der Waals surface area contributed by atoms with Gasteiger partial charge in [-0.15, -0.1) is 0 Å². The number of H-pyrrole nitrogens is 1. The summed E-state index contributed by atoms with van der Waals surface area (Å²) in [4.78, 5) is 14.9. The molecule has 0 fully saturated rings. The molecular formula is C19H17FN4O4S. The Balaban J connectivity index is 1.67. The van der Waals surface area contributed by atoms with Gasteiger partial charge in [-0.1, -0.05) is 6.08 Å². The Morgan fingerprint density at radius 1 is 1.21 bits per heavy atom. The zero-order valence-electron chi connectivity index (χ0n) is 15.1. The first-order chi connectivity index (χ1) is 13.7. The molecule has 0 unspecified atom stereocenters. The van der Waals surface area contributed by atoms with E-state index in [1.165, 1.54) is 24.3 Å². The van der Waals surface area contributed by atoms with E-state index in [0.717, 1.165) is 22.6 Å². The molecule has 1 aromatic heterocycles. The molecule has 0 aliphatic carbocycles. The van der Waals surface area contributed by atoms with Crippen LogP contribution in [0.5, 0.6) is 0 Å². The monoisotopic (exact) mass is 416 g/mol. The van der Waals surface area contributed by atoms with Gasteiger partial charge in [0.1, 0.15) is 10.7 Å². The number of nitrogens with two attached hydrogens (primary N) is 1. The van der Waals surface area contributed by atoms with Gasteiger partial charge in [0.2, 0.25) is 10.0 Å². The maximum absolute atomic E-state index is 13.4. The Hall–Kier alpha value is -3.24. The minimum atomic E-state index is -4.14. The van der Waals surface area contributed by atoms with Crippen LogP contribution in [0.4, 0.5) is 15.8 Å². The Labute approximate surface area is 165 Å². The number of nitro groups is 1. The maximum Gasteiger partial charge on any atom is 0.270 e. The van der Waals surface area contributed by atoms with Crippen molar-refractivity contribution in [2.45, 2.75) is 11.3 Å². The number of fused-ring (bicyclic) bond motifs is 1. The van der Waals surface area contributed by atoms with Gasteiger partial charge in [0.15, 0.2) is 0 Å². The highest BCUT2D eigenvalue weighted by Crippen LogP contribution is 2.34. The second-order valence-electron chi connectivity index (χ2n) is 6.77. The Morgan fingerprint density at radius 3 is 2.66 bits per heavy atom. The number of nitrogens with one attached hydrogen (secondary N) is 1. The summed E-state index contributed by atoms with van der Waals surface area (Å²) in [7, 11) is -4.14. The van der Waals surface area contributed by atoms with Crippen molar-refractivity contribution < 1.29 is 17.7 Å². The van der Waals surface area contributed by atoms with Crippen LogP contribution in [0.3, 0.4) is 0 Å². The number of anilines is 1. The second kappa shape index (κ2) is 6.98. The van der Waals surface area contributed by atoms with Crippen molar-refractivity contribution in [3.05, 3.63) is 70.2 Å². The largest absolute Gasteiger partial charge is 0.366 e. The number of hydrogen-bond donors (Lipinski definition) is 2. The molecule has 2 aromatic carbocycles. The molecule has 0 amide bonds. The number of halogens is 1. The van der Waals surface area contributed by atoms with Gasteiger partial charge in [-0.05, 0) is 36.3 Å². The lowest BCUT2D eigenvalue weighted by Crippen LogP contribution is -2.30. The Morgan fingerprint density at radius 2 is 2.00 bits per heavy atom. The maximum atomic E-state index is 13.4. The minimum Gasteiger partial charge on any atom is -0.366 e. The first-order valence-electron chi connectivity index (χ1n) is 8.76. The van der Waals surface area contributed by atoms with E-state index in [4.69, 9.17) is 5.14 Å². The van der Waals surface area contributed by atoms with Crippen LogP contribution in [0.15, 0.2) is 53.6 Å². The molecule has 3 N–H and O–H groups in total. The molecule has 1 aliphatic heterocycles. The summed E-state index contributed by atoms with van der Waals surface area (Å²) < 4.78 is 37.3. The lowest BCUT2D eigenvalue weighted by molar-refractivity contribution is -0.385. The lowest BCUT2D eigenvalue weighted by atomic mass is 9.98. The van der Waals surface area contributed by atoms with Crippen molar-refractivity contribution in [1.82, 2.24) is 4.98 Å². The normalized spacial score (nSPS) is 14.8. The Bertz CT molecular complexity index is 1270. The third-order valence-electron chi connectivity index (χ3n) is 5.00. The smallest absolute Gasteiger partial charge is 0.270 e. The van der Waals surface area contributed by atoms with Crippen LogP contribution in [0.1, 0.15) is 12.0 Å². The molecule has 29 heavy (non-hydrogen) atoms. The van der Waals surface area contributed by atoms with Gasteiger partial charge >= 0.3 is 0 Å². The molecule has 0 spiro atoms. The average Bonchev–Trinajstić information content (AvgIpc) is 3.10. The predicted octanol–water partition coefficient (Wildman–Crippen LogP) is 3.16. The fourth-order valence-electron chi connectivity index (χ4n) is 3.60. The molecule has 0 bridgehead atoms. The van der Waals surface area contributed by atoms with Gasteiger partial charge in [0.25, 0.3) is 5.69 Å². The summed E-state index contributed by atoms with van der Waals surface area (Å²) in [6.07, 6.45) is 4.41. The summed E-state index contributed by atoms with van der Waals surface area (Å²) >= 11 is 0. The molecule has 2 heterocycles. The van der Waals surface area contributed by atoms with Crippen molar-refractivity contribution in [2.75, 3.05) is 18.0 Å². The fraction of sp³-hybridized carbons (Fsp3) is 0.158. The number of benzene rings is 2. The van der Waals surface area contributed by atoms with Gasteiger partial charge in [0.05, 0.1) is 10.6 Å². The Kier molecular flexibility index (Phi) is 4.59. The van der Waals surface area contributed by atoms with E-state index in [1.807, 2.05) is 17.2 Å². The van der Waals surface area contributed by atoms with E-state index in [9.17, 15) is 22.9 Å². The molecule has 3 aromatic rings. The van der Waals surface area contributed by atoms with Crippen LogP contribution in [0.2, 0.25) is 0 Å². The third kappa shape index (κ3) is 3.59. The fourth-order valence-corrected chi connectivity index (χ4v) is 4.38. The number of sulfonamides is 1. The van der Waals surface area contributed by atoms with Crippen molar-refractivity contribution in [3.8, 4) is 0 Å². The van der Waals surface area contributed by atoms with Crippen LogP contribution in [-0.4, -0.2) is 31.4 Å². The van der Waals surface area contributed by atoms with E-state index in [0.29, 0.717) is 30.7 Å².